The van der Waals surface area contributed by atoms with E-state index in [0.29, 0.717) is 12.4 Å². The quantitative estimate of drug-likeness (QED) is 0.864. The van der Waals surface area contributed by atoms with E-state index >= 15 is 0 Å². The highest BCUT2D eigenvalue weighted by atomic mass is 19.2. The van der Waals surface area contributed by atoms with Crippen molar-refractivity contribution in [3.63, 3.8) is 0 Å². The monoisotopic (exact) mass is 270 g/mol. The number of hydrogen-bond acceptors (Lipinski definition) is 3. The first-order valence-corrected chi connectivity index (χ1v) is 5.80. The van der Waals surface area contributed by atoms with E-state index in [0.717, 1.165) is 12.1 Å². The molecular formula is C12H13F3N4. The van der Waals surface area contributed by atoms with Crippen molar-refractivity contribution in [1.82, 2.24) is 14.8 Å². The molecular weight excluding hydrogens is 257 g/mol. The summed E-state index contributed by atoms with van der Waals surface area (Å²) >= 11 is 0. The molecule has 0 aliphatic rings. The molecule has 4 nitrogen and oxygen atoms in total. The minimum atomic E-state index is -1.51. The molecule has 0 fully saturated rings. The Bertz CT molecular complexity index is 582. The van der Waals surface area contributed by atoms with Gasteiger partial charge in [0.2, 0.25) is 0 Å². The molecule has 0 saturated heterocycles. The normalized spacial score (nSPS) is 12.7. The van der Waals surface area contributed by atoms with Gasteiger partial charge < -0.3 is 5.73 Å². The Morgan fingerprint density at radius 1 is 1.26 bits per heavy atom. The molecule has 0 bridgehead atoms. The molecule has 19 heavy (non-hydrogen) atoms. The van der Waals surface area contributed by atoms with E-state index in [-0.39, 0.29) is 12.0 Å². The van der Waals surface area contributed by atoms with Gasteiger partial charge in [-0.25, -0.2) is 18.2 Å². The van der Waals surface area contributed by atoms with Crippen molar-refractivity contribution < 1.29 is 13.2 Å². The van der Waals surface area contributed by atoms with Crippen LogP contribution >= 0.6 is 0 Å². The Kier molecular flexibility index (Phi) is 3.84. The van der Waals surface area contributed by atoms with E-state index < -0.39 is 23.5 Å². The van der Waals surface area contributed by atoms with Crippen LogP contribution in [0.5, 0.6) is 0 Å². The second kappa shape index (κ2) is 5.40. The fraction of sp³-hybridized carbons (Fsp3) is 0.333. The summed E-state index contributed by atoms with van der Waals surface area (Å²) in [4.78, 5) is 4.00. The van der Waals surface area contributed by atoms with Crippen LogP contribution in [-0.2, 0) is 13.0 Å². The lowest BCUT2D eigenvalue weighted by Gasteiger charge is -2.13. The number of benzene rings is 1. The van der Waals surface area contributed by atoms with Gasteiger partial charge in [-0.3, -0.25) is 4.68 Å². The smallest absolute Gasteiger partial charge is 0.194 e. The van der Waals surface area contributed by atoms with Crippen LogP contribution in [-0.4, -0.2) is 14.8 Å². The molecule has 0 aliphatic carbocycles. The number of hydrogen-bond donors (Lipinski definition) is 1. The summed E-state index contributed by atoms with van der Waals surface area (Å²) in [6.07, 6.45) is 1.56. The molecule has 1 heterocycles. The Morgan fingerprint density at radius 3 is 2.68 bits per heavy atom. The molecule has 1 atom stereocenters. The lowest BCUT2D eigenvalue weighted by molar-refractivity contribution is 0.433. The van der Waals surface area contributed by atoms with E-state index in [4.69, 9.17) is 5.73 Å². The maximum atomic E-state index is 13.6. The highest BCUT2D eigenvalue weighted by Crippen LogP contribution is 2.22. The Balaban J connectivity index is 2.25. The van der Waals surface area contributed by atoms with Crippen LogP contribution in [0.1, 0.15) is 24.4 Å². The number of halogens is 3. The predicted molar refractivity (Wildman–Crippen MR) is 62.6 cm³/mol. The first-order chi connectivity index (χ1) is 9.04. The third kappa shape index (κ3) is 2.60. The zero-order chi connectivity index (χ0) is 14.0. The average molecular weight is 270 g/mol. The lowest BCUT2D eigenvalue weighted by Crippen LogP contribution is -2.19. The number of nitrogens with two attached hydrogens (primary N) is 1. The second-order valence-corrected chi connectivity index (χ2v) is 4.07. The van der Waals surface area contributed by atoms with Crippen molar-refractivity contribution in [3.8, 4) is 0 Å². The van der Waals surface area contributed by atoms with Gasteiger partial charge in [0.1, 0.15) is 12.2 Å². The topological polar surface area (TPSA) is 56.7 Å². The molecule has 102 valence electrons. The summed E-state index contributed by atoms with van der Waals surface area (Å²) in [6, 6.07) is 1.19. The molecule has 2 N–H and O–H groups in total. The molecule has 1 unspecified atom stereocenters. The van der Waals surface area contributed by atoms with E-state index in [9.17, 15) is 13.2 Å². The van der Waals surface area contributed by atoms with Gasteiger partial charge in [-0.1, -0.05) is 6.07 Å². The molecule has 0 saturated carbocycles. The highest BCUT2D eigenvalue weighted by Gasteiger charge is 2.20. The zero-order valence-corrected chi connectivity index (χ0v) is 10.3. The third-order valence-electron chi connectivity index (χ3n) is 2.86. The van der Waals surface area contributed by atoms with Crippen LogP contribution in [0.15, 0.2) is 18.5 Å². The van der Waals surface area contributed by atoms with Crippen LogP contribution in [0.2, 0.25) is 0 Å². The SMILES string of the molecule is CCn1ncnc1CC(N)c1ccc(F)c(F)c1F. The van der Waals surface area contributed by atoms with Crippen molar-refractivity contribution in [2.24, 2.45) is 5.73 Å². The molecule has 7 heteroatoms. The molecule has 0 radical (unpaired) electrons. The molecule has 2 rings (SSSR count). The minimum absolute atomic E-state index is 0.0791. The van der Waals surface area contributed by atoms with E-state index in [2.05, 4.69) is 10.1 Å². The van der Waals surface area contributed by atoms with Gasteiger partial charge in [-0.15, -0.1) is 0 Å². The Morgan fingerprint density at radius 2 is 2.00 bits per heavy atom. The lowest BCUT2D eigenvalue weighted by atomic mass is 10.0. The van der Waals surface area contributed by atoms with Gasteiger partial charge in [0.25, 0.3) is 0 Å². The first-order valence-electron chi connectivity index (χ1n) is 5.80. The van der Waals surface area contributed by atoms with Gasteiger partial charge in [-0.05, 0) is 13.0 Å². The predicted octanol–water partition coefficient (Wildman–Crippen LogP) is 1.96. The van der Waals surface area contributed by atoms with Crippen LogP contribution in [0.3, 0.4) is 0 Å². The van der Waals surface area contributed by atoms with Gasteiger partial charge in [-0.2, -0.15) is 5.10 Å². The van der Waals surface area contributed by atoms with E-state index in [1.807, 2.05) is 6.92 Å². The van der Waals surface area contributed by atoms with Crippen LogP contribution < -0.4 is 5.73 Å². The second-order valence-electron chi connectivity index (χ2n) is 4.07. The van der Waals surface area contributed by atoms with Crippen molar-refractivity contribution >= 4 is 0 Å². The Labute approximate surface area is 108 Å². The number of rotatable bonds is 4. The largest absolute Gasteiger partial charge is 0.323 e. The highest BCUT2D eigenvalue weighted by molar-refractivity contribution is 5.24. The van der Waals surface area contributed by atoms with Crippen molar-refractivity contribution in [2.45, 2.75) is 25.9 Å². The van der Waals surface area contributed by atoms with Gasteiger partial charge in [0.05, 0.1) is 0 Å². The number of aromatic nitrogens is 3. The van der Waals surface area contributed by atoms with E-state index in [1.165, 1.54) is 6.33 Å². The Hall–Kier alpha value is -1.89. The van der Waals surface area contributed by atoms with Crippen LogP contribution in [0.25, 0.3) is 0 Å². The van der Waals surface area contributed by atoms with Crippen molar-refractivity contribution in [2.75, 3.05) is 0 Å². The standard InChI is InChI=1S/C12H13F3N4/c1-2-19-10(17-6-18-19)5-9(16)7-3-4-8(13)12(15)11(7)14/h3-4,6,9H,2,5,16H2,1H3. The summed E-state index contributed by atoms with van der Waals surface area (Å²) in [5, 5.41) is 3.96. The maximum Gasteiger partial charge on any atom is 0.194 e. The third-order valence-corrected chi connectivity index (χ3v) is 2.86. The molecule has 1 aromatic heterocycles. The number of aryl methyl sites for hydroxylation is 1. The summed E-state index contributed by atoms with van der Waals surface area (Å²) in [7, 11) is 0. The molecule has 0 aliphatic heterocycles. The van der Waals surface area contributed by atoms with Gasteiger partial charge in [0.15, 0.2) is 17.5 Å². The first kappa shape index (κ1) is 13.5. The van der Waals surface area contributed by atoms with Gasteiger partial charge >= 0.3 is 0 Å². The minimum Gasteiger partial charge on any atom is -0.323 e. The van der Waals surface area contributed by atoms with E-state index in [1.54, 1.807) is 4.68 Å². The fourth-order valence-corrected chi connectivity index (χ4v) is 1.84. The van der Waals surface area contributed by atoms with Gasteiger partial charge in [0, 0.05) is 24.6 Å². The molecule has 0 spiro atoms. The molecule has 1 aromatic carbocycles. The van der Waals surface area contributed by atoms with Crippen LogP contribution in [0, 0.1) is 17.5 Å². The van der Waals surface area contributed by atoms with Crippen LogP contribution in [0.4, 0.5) is 13.2 Å². The summed E-state index contributed by atoms with van der Waals surface area (Å²) in [6.45, 7) is 2.48. The summed E-state index contributed by atoms with van der Waals surface area (Å²) in [5.41, 5.74) is 5.74. The fourth-order valence-electron chi connectivity index (χ4n) is 1.84. The van der Waals surface area contributed by atoms with Crippen molar-refractivity contribution in [1.29, 1.82) is 0 Å². The summed E-state index contributed by atoms with van der Waals surface area (Å²) < 4.78 is 41.2. The number of nitrogens with zero attached hydrogens (tertiary/aromatic N) is 3. The molecule has 0 amide bonds. The zero-order valence-electron chi connectivity index (χ0n) is 10.3. The average Bonchev–Trinajstić information content (AvgIpc) is 2.83. The molecule has 2 aromatic rings. The summed E-state index contributed by atoms with van der Waals surface area (Å²) in [5.74, 6) is -3.43. The maximum absolute atomic E-state index is 13.6. The van der Waals surface area contributed by atoms with Crippen molar-refractivity contribution in [3.05, 3.63) is 47.3 Å².